The molecule has 1 heterocycles. The molecular weight excluding hydrogens is 430 g/mol. The highest BCUT2D eigenvalue weighted by Crippen LogP contribution is 2.17. The second-order valence-electron chi connectivity index (χ2n) is 7.32. The Kier molecular flexibility index (Phi) is 8.29. The molecule has 2 aromatic carbocycles. The molecular formula is C24H23NO8. The first kappa shape index (κ1) is 23.6. The first-order valence-electron chi connectivity index (χ1n) is 10.4. The molecule has 0 atom stereocenters. The van der Waals surface area contributed by atoms with E-state index in [9.17, 15) is 24.0 Å². The van der Waals surface area contributed by atoms with Gasteiger partial charge in [-0.1, -0.05) is 60.7 Å². The predicted molar refractivity (Wildman–Crippen MR) is 112 cm³/mol. The Morgan fingerprint density at radius 2 is 1.21 bits per heavy atom. The maximum Gasteiger partial charge on any atom is 0.333 e. The smallest absolute Gasteiger partial charge is 0.333 e. The molecule has 0 unspecified atom stereocenters. The van der Waals surface area contributed by atoms with Gasteiger partial charge in [0.25, 0.3) is 11.8 Å². The van der Waals surface area contributed by atoms with Gasteiger partial charge in [-0.2, -0.15) is 0 Å². The number of hydroxylamine groups is 2. The van der Waals surface area contributed by atoms with Crippen LogP contribution in [0, 0.1) is 5.92 Å². The third kappa shape index (κ3) is 6.99. The summed E-state index contributed by atoms with van der Waals surface area (Å²) in [7, 11) is 0. The van der Waals surface area contributed by atoms with Crippen molar-refractivity contribution in [2.24, 2.45) is 5.92 Å². The number of nitrogens with zero attached hydrogens (tertiary/aromatic N) is 1. The first-order valence-corrected chi connectivity index (χ1v) is 10.4. The van der Waals surface area contributed by atoms with Crippen molar-refractivity contribution in [3.8, 4) is 0 Å². The van der Waals surface area contributed by atoms with Crippen LogP contribution in [0.2, 0.25) is 0 Å². The van der Waals surface area contributed by atoms with Gasteiger partial charge in [-0.3, -0.25) is 19.2 Å². The highest BCUT2D eigenvalue weighted by molar-refractivity contribution is 6.01. The number of esters is 2. The molecule has 172 valence electrons. The molecule has 0 saturated carbocycles. The molecule has 1 aliphatic heterocycles. The molecule has 1 aliphatic rings. The summed E-state index contributed by atoms with van der Waals surface area (Å²) in [6, 6.07) is 17.8. The van der Waals surface area contributed by atoms with E-state index in [4.69, 9.17) is 14.3 Å². The molecule has 2 amide bonds. The number of amides is 2. The molecule has 9 heteroatoms. The number of carbonyl (C=O) groups is 5. The molecule has 1 fully saturated rings. The topological polar surface area (TPSA) is 116 Å². The molecule has 0 aliphatic carbocycles. The van der Waals surface area contributed by atoms with Gasteiger partial charge < -0.3 is 14.3 Å². The van der Waals surface area contributed by atoms with Gasteiger partial charge in [0.15, 0.2) is 5.92 Å². The van der Waals surface area contributed by atoms with Gasteiger partial charge in [0.05, 0.1) is 0 Å². The van der Waals surface area contributed by atoms with E-state index < -0.39 is 42.1 Å². The van der Waals surface area contributed by atoms with E-state index in [-0.39, 0.29) is 32.5 Å². The van der Waals surface area contributed by atoms with Crippen molar-refractivity contribution in [2.75, 3.05) is 0 Å². The highest BCUT2D eigenvalue weighted by atomic mass is 16.7. The van der Waals surface area contributed by atoms with Crippen molar-refractivity contribution in [3.05, 3.63) is 71.8 Å². The maximum absolute atomic E-state index is 12.6. The van der Waals surface area contributed by atoms with Gasteiger partial charge in [0.1, 0.15) is 13.2 Å². The summed E-state index contributed by atoms with van der Waals surface area (Å²) >= 11 is 0. The highest BCUT2D eigenvalue weighted by Gasteiger charge is 2.35. The van der Waals surface area contributed by atoms with Crippen LogP contribution in [0.1, 0.15) is 36.8 Å². The maximum atomic E-state index is 12.6. The van der Waals surface area contributed by atoms with Gasteiger partial charge in [-0.15, -0.1) is 5.06 Å². The Labute approximate surface area is 190 Å². The molecule has 0 bridgehead atoms. The minimum absolute atomic E-state index is 0.0354. The van der Waals surface area contributed by atoms with E-state index in [1.54, 1.807) is 48.5 Å². The van der Waals surface area contributed by atoms with Crippen molar-refractivity contribution in [2.45, 2.75) is 38.9 Å². The largest absolute Gasteiger partial charge is 0.460 e. The lowest BCUT2D eigenvalue weighted by Crippen LogP contribution is -2.33. The van der Waals surface area contributed by atoms with Crippen LogP contribution in [-0.4, -0.2) is 34.8 Å². The van der Waals surface area contributed by atoms with Crippen LogP contribution in [-0.2, 0) is 51.5 Å². The van der Waals surface area contributed by atoms with Gasteiger partial charge in [0, 0.05) is 19.3 Å². The van der Waals surface area contributed by atoms with Crippen LogP contribution in [0.5, 0.6) is 0 Å². The summed E-state index contributed by atoms with van der Waals surface area (Å²) in [4.78, 5) is 65.4. The van der Waals surface area contributed by atoms with Crippen molar-refractivity contribution < 1.29 is 38.3 Å². The molecule has 2 aromatic rings. The van der Waals surface area contributed by atoms with Crippen LogP contribution in [0.3, 0.4) is 0 Å². The predicted octanol–water partition coefficient (Wildman–Crippen LogP) is 2.48. The Balaban J connectivity index is 1.60. The van der Waals surface area contributed by atoms with Gasteiger partial charge in [-0.25, -0.2) is 4.79 Å². The lowest BCUT2D eigenvalue weighted by Gasteiger charge is -2.16. The fourth-order valence-corrected chi connectivity index (χ4v) is 3.06. The summed E-state index contributed by atoms with van der Waals surface area (Å²) in [5, 5.41) is 0.415. The van der Waals surface area contributed by atoms with E-state index in [1.165, 1.54) is 0 Å². The lowest BCUT2D eigenvalue weighted by molar-refractivity contribution is -0.198. The van der Waals surface area contributed by atoms with Gasteiger partial charge >= 0.3 is 17.9 Å². The third-order valence-electron chi connectivity index (χ3n) is 4.85. The average Bonchev–Trinajstić information content (AvgIpc) is 3.15. The first-order chi connectivity index (χ1) is 15.9. The van der Waals surface area contributed by atoms with Crippen molar-refractivity contribution in [1.82, 2.24) is 5.06 Å². The number of benzene rings is 2. The molecule has 0 radical (unpaired) electrons. The van der Waals surface area contributed by atoms with Crippen LogP contribution < -0.4 is 0 Å². The molecule has 0 spiro atoms. The fraction of sp³-hybridized carbons (Fsp3) is 0.292. The normalized spacial score (nSPS) is 13.2. The molecule has 0 aromatic heterocycles. The number of hydrogen-bond donors (Lipinski definition) is 0. The van der Waals surface area contributed by atoms with Crippen LogP contribution >= 0.6 is 0 Å². The number of rotatable bonds is 10. The minimum Gasteiger partial charge on any atom is -0.460 e. The SMILES string of the molecule is O=C(CCC(C(=O)OCc1ccccc1)C(=O)OCc1ccccc1)ON1C(=O)CCC1=O. The quantitative estimate of drug-likeness (QED) is 0.306. The lowest BCUT2D eigenvalue weighted by atomic mass is 10.0. The minimum atomic E-state index is -1.38. The van der Waals surface area contributed by atoms with Crippen LogP contribution in [0.4, 0.5) is 0 Å². The second kappa shape index (κ2) is 11.6. The Morgan fingerprint density at radius 1 is 0.758 bits per heavy atom. The van der Waals surface area contributed by atoms with E-state index in [0.29, 0.717) is 5.06 Å². The number of hydrogen-bond acceptors (Lipinski definition) is 8. The van der Waals surface area contributed by atoms with Crippen molar-refractivity contribution >= 4 is 29.7 Å². The molecule has 0 N–H and O–H groups in total. The number of ether oxygens (including phenoxy) is 2. The third-order valence-corrected chi connectivity index (χ3v) is 4.85. The Bertz CT molecular complexity index is 934. The molecule has 33 heavy (non-hydrogen) atoms. The zero-order valence-corrected chi connectivity index (χ0v) is 17.8. The Hall–Kier alpha value is -4.01. The number of imide groups is 1. The van der Waals surface area contributed by atoms with E-state index >= 15 is 0 Å². The van der Waals surface area contributed by atoms with E-state index in [1.807, 2.05) is 12.1 Å². The zero-order chi connectivity index (χ0) is 23.6. The molecule has 1 saturated heterocycles. The monoisotopic (exact) mass is 453 g/mol. The van der Waals surface area contributed by atoms with Crippen LogP contribution in [0.25, 0.3) is 0 Å². The average molecular weight is 453 g/mol. The van der Waals surface area contributed by atoms with E-state index in [0.717, 1.165) is 11.1 Å². The standard InChI is InChI=1S/C24H23NO8/c26-20-12-13-21(27)25(20)33-22(28)14-11-19(23(29)31-15-17-7-3-1-4-8-17)24(30)32-16-18-9-5-2-6-10-18/h1-10,19H,11-16H2. The zero-order valence-electron chi connectivity index (χ0n) is 17.8. The van der Waals surface area contributed by atoms with Crippen molar-refractivity contribution in [3.63, 3.8) is 0 Å². The second-order valence-corrected chi connectivity index (χ2v) is 7.32. The summed E-state index contributed by atoms with van der Waals surface area (Å²) in [6.45, 7) is -0.104. The van der Waals surface area contributed by atoms with Crippen LogP contribution in [0.15, 0.2) is 60.7 Å². The fourth-order valence-electron chi connectivity index (χ4n) is 3.06. The summed E-state index contributed by atoms with van der Waals surface area (Å²) in [6.07, 6.45) is -0.738. The van der Waals surface area contributed by atoms with Gasteiger partial charge in [-0.05, 0) is 17.5 Å². The Morgan fingerprint density at radius 3 is 1.67 bits per heavy atom. The summed E-state index contributed by atoms with van der Waals surface area (Å²) in [5.41, 5.74) is 1.46. The summed E-state index contributed by atoms with van der Waals surface area (Å²) in [5.74, 6) is -5.23. The van der Waals surface area contributed by atoms with Gasteiger partial charge in [0.2, 0.25) is 0 Å². The number of carbonyl (C=O) groups excluding carboxylic acids is 5. The van der Waals surface area contributed by atoms with E-state index in [2.05, 4.69) is 0 Å². The van der Waals surface area contributed by atoms with Crippen molar-refractivity contribution in [1.29, 1.82) is 0 Å². The summed E-state index contributed by atoms with van der Waals surface area (Å²) < 4.78 is 10.5. The molecule has 3 rings (SSSR count). The molecule has 9 nitrogen and oxygen atoms in total.